The Kier molecular flexibility index (Phi) is 11.0. The predicted molar refractivity (Wildman–Crippen MR) is 161 cm³/mol. The largest absolute Gasteiger partial charge is 0.507 e. The summed E-state index contributed by atoms with van der Waals surface area (Å²) < 4.78 is 12.8. The van der Waals surface area contributed by atoms with E-state index in [0.29, 0.717) is 62.9 Å². The molecular formula is C33H39N3O7. The molecule has 2 aromatic carbocycles. The molecule has 1 aliphatic heterocycles. The topological polar surface area (TPSA) is 140 Å². The van der Waals surface area contributed by atoms with Crippen LogP contribution in [0.25, 0.3) is 6.08 Å². The summed E-state index contributed by atoms with van der Waals surface area (Å²) in [7, 11) is 1.55. The molecule has 0 radical (unpaired) electrons. The molecule has 0 saturated heterocycles. The smallest absolute Gasteiger partial charge is 0.342 e. The van der Waals surface area contributed by atoms with E-state index in [1.807, 2.05) is 10.6 Å². The van der Waals surface area contributed by atoms with E-state index in [4.69, 9.17) is 9.47 Å². The number of methoxy groups -OCH3 is 1. The van der Waals surface area contributed by atoms with Crippen LogP contribution in [0.4, 0.5) is 0 Å². The second-order valence-electron chi connectivity index (χ2n) is 10.7. The van der Waals surface area contributed by atoms with Crippen LogP contribution in [0.1, 0.15) is 84.8 Å². The van der Waals surface area contributed by atoms with Gasteiger partial charge in [0.15, 0.2) is 0 Å². The second-order valence-corrected chi connectivity index (χ2v) is 10.7. The zero-order chi connectivity index (χ0) is 30.8. The van der Waals surface area contributed by atoms with E-state index >= 15 is 0 Å². The van der Waals surface area contributed by atoms with Gasteiger partial charge < -0.3 is 29.6 Å². The van der Waals surface area contributed by atoms with Gasteiger partial charge in [-0.05, 0) is 61.9 Å². The number of phenolic OH excluding ortho intramolecular Hbond substituents is 2. The molecule has 1 aromatic heterocycles. The molecule has 43 heavy (non-hydrogen) atoms. The number of nitrogens with zero attached hydrogens (tertiary/aromatic N) is 2. The first kappa shape index (κ1) is 31.3. The highest BCUT2D eigenvalue weighted by Gasteiger charge is 2.31. The zero-order valence-corrected chi connectivity index (χ0v) is 24.6. The maximum atomic E-state index is 13.5. The fourth-order valence-electron chi connectivity index (χ4n) is 5.24. The standard InChI is InChI=1S/C33H39N3O7/c1-22-7-6-10-25(37)9-5-3-4-8-24-19-28(38)31(32(40)30(24)33(41)43-22)27(23-11-13-26(42-2)14-12-23)20-29(39)35-16-18-36-17-15-34-21-36/h4,8,11-15,17,19,21-22,27,38,40H,3,5-7,9-10,16,18,20H2,1-2H3,(H,35,39)/b8-4+/t22-,27?/m0/s1. The number of benzene rings is 2. The minimum atomic E-state index is -0.794. The van der Waals surface area contributed by atoms with Crippen molar-refractivity contribution in [3.63, 3.8) is 0 Å². The fraction of sp³-hybridized carbons (Fsp3) is 0.394. The lowest BCUT2D eigenvalue weighted by Gasteiger charge is -2.23. The van der Waals surface area contributed by atoms with E-state index in [-0.39, 0.29) is 40.6 Å². The minimum Gasteiger partial charge on any atom is -0.507 e. The number of phenols is 2. The summed E-state index contributed by atoms with van der Waals surface area (Å²) in [4.78, 5) is 42.8. The molecule has 1 aliphatic rings. The number of rotatable bonds is 8. The quantitative estimate of drug-likeness (QED) is 0.308. The van der Waals surface area contributed by atoms with Crippen molar-refractivity contribution in [1.82, 2.24) is 14.9 Å². The zero-order valence-electron chi connectivity index (χ0n) is 24.6. The summed E-state index contributed by atoms with van der Waals surface area (Å²) >= 11 is 0. The Bertz CT molecular complexity index is 1430. The van der Waals surface area contributed by atoms with Gasteiger partial charge >= 0.3 is 5.97 Å². The Balaban J connectivity index is 1.71. The molecule has 0 spiro atoms. The number of hydrogen-bond acceptors (Lipinski definition) is 8. The lowest BCUT2D eigenvalue weighted by molar-refractivity contribution is -0.121. The number of nitrogens with one attached hydrogen (secondary N) is 1. The van der Waals surface area contributed by atoms with Crippen LogP contribution in [0.2, 0.25) is 0 Å². The predicted octanol–water partition coefficient (Wildman–Crippen LogP) is 5.12. The van der Waals surface area contributed by atoms with Crippen LogP contribution in [-0.2, 0) is 20.9 Å². The average molecular weight is 590 g/mol. The molecule has 0 bridgehead atoms. The monoisotopic (exact) mass is 589 g/mol. The third-order valence-corrected chi connectivity index (χ3v) is 7.56. The summed E-state index contributed by atoms with van der Waals surface area (Å²) in [6.07, 6.45) is 11.2. The van der Waals surface area contributed by atoms with Crippen molar-refractivity contribution in [3.8, 4) is 17.2 Å². The normalized spacial score (nSPS) is 17.7. The molecule has 10 nitrogen and oxygen atoms in total. The van der Waals surface area contributed by atoms with Gasteiger partial charge in [0.2, 0.25) is 5.91 Å². The number of Topliss-reactive ketones (excluding diaryl/α,β-unsaturated/α-hetero) is 1. The maximum absolute atomic E-state index is 13.5. The molecule has 228 valence electrons. The van der Waals surface area contributed by atoms with E-state index in [9.17, 15) is 24.6 Å². The van der Waals surface area contributed by atoms with Crippen molar-refractivity contribution in [2.24, 2.45) is 0 Å². The SMILES string of the molecule is COc1ccc(C(CC(=O)NCCn2ccnc2)c2c(O)cc3c(c2O)C(=O)O[C@@H](C)CCCC(=O)CCC/C=C/3)cc1. The summed E-state index contributed by atoms with van der Waals surface area (Å²) in [5.74, 6) is -1.75. The van der Waals surface area contributed by atoms with E-state index < -0.39 is 23.7 Å². The number of carbonyl (C=O) groups excluding carboxylic acids is 3. The number of esters is 1. The van der Waals surface area contributed by atoms with Gasteiger partial charge in [-0.2, -0.15) is 0 Å². The van der Waals surface area contributed by atoms with Crippen molar-refractivity contribution in [2.75, 3.05) is 13.7 Å². The van der Waals surface area contributed by atoms with Gasteiger partial charge in [0.25, 0.3) is 0 Å². The van der Waals surface area contributed by atoms with Crippen LogP contribution in [0.15, 0.2) is 55.1 Å². The van der Waals surface area contributed by atoms with Crippen molar-refractivity contribution in [3.05, 3.63) is 77.4 Å². The average Bonchev–Trinajstić information content (AvgIpc) is 3.49. The molecule has 2 atom stereocenters. The van der Waals surface area contributed by atoms with Crippen LogP contribution in [0.3, 0.4) is 0 Å². The van der Waals surface area contributed by atoms with Crippen LogP contribution in [0, 0.1) is 0 Å². The molecule has 3 aromatic rings. The Morgan fingerprint density at radius 3 is 2.67 bits per heavy atom. The van der Waals surface area contributed by atoms with Crippen LogP contribution < -0.4 is 10.1 Å². The number of aromatic hydroxyl groups is 2. The number of imidazole rings is 1. The van der Waals surface area contributed by atoms with E-state index in [2.05, 4.69) is 10.3 Å². The Morgan fingerprint density at radius 1 is 1.19 bits per heavy atom. The van der Waals surface area contributed by atoms with Gasteiger partial charge in [0.05, 0.1) is 19.5 Å². The van der Waals surface area contributed by atoms with Gasteiger partial charge in [0.1, 0.15) is 28.6 Å². The van der Waals surface area contributed by atoms with Crippen molar-refractivity contribution in [1.29, 1.82) is 0 Å². The first-order chi connectivity index (χ1) is 20.8. The molecule has 2 heterocycles. The summed E-state index contributed by atoms with van der Waals surface area (Å²) in [6, 6.07) is 8.40. The van der Waals surface area contributed by atoms with Crippen molar-refractivity contribution in [2.45, 2.75) is 70.4 Å². The number of allylic oxidation sites excluding steroid dienone is 1. The lowest BCUT2D eigenvalue weighted by atomic mass is 9.84. The molecule has 0 fully saturated rings. The number of ether oxygens (including phenoxy) is 2. The number of fused-ring (bicyclic) bond motifs is 1. The molecule has 3 N–H and O–H groups in total. The molecule has 1 unspecified atom stereocenters. The number of hydrogen-bond donors (Lipinski definition) is 3. The molecule has 0 saturated carbocycles. The van der Waals surface area contributed by atoms with Gasteiger partial charge in [-0.15, -0.1) is 0 Å². The van der Waals surface area contributed by atoms with Crippen LogP contribution >= 0.6 is 0 Å². The molecule has 0 aliphatic carbocycles. The Labute approximate surface area is 251 Å². The second kappa shape index (κ2) is 15.0. The van der Waals surface area contributed by atoms with Gasteiger partial charge in [-0.1, -0.05) is 24.3 Å². The third-order valence-electron chi connectivity index (χ3n) is 7.56. The van der Waals surface area contributed by atoms with E-state index in [0.717, 1.165) is 0 Å². The third kappa shape index (κ3) is 8.47. The highest BCUT2D eigenvalue weighted by molar-refractivity contribution is 5.98. The van der Waals surface area contributed by atoms with Gasteiger partial charge in [-0.25, -0.2) is 9.78 Å². The Morgan fingerprint density at radius 2 is 1.95 bits per heavy atom. The van der Waals surface area contributed by atoms with E-state index in [1.165, 1.54) is 6.07 Å². The number of aromatic nitrogens is 2. The molecule has 4 rings (SSSR count). The van der Waals surface area contributed by atoms with Gasteiger partial charge in [0, 0.05) is 56.2 Å². The summed E-state index contributed by atoms with van der Waals surface area (Å²) in [5.41, 5.74) is 0.901. The number of ketones is 1. The van der Waals surface area contributed by atoms with Gasteiger partial charge in [-0.3, -0.25) is 9.59 Å². The van der Waals surface area contributed by atoms with Crippen LogP contribution in [-0.4, -0.2) is 57.2 Å². The van der Waals surface area contributed by atoms with Crippen LogP contribution in [0.5, 0.6) is 17.2 Å². The maximum Gasteiger partial charge on any atom is 0.342 e. The molecule has 1 amide bonds. The number of carbonyl (C=O) groups is 3. The highest BCUT2D eigenvalue weighted by atomic mass is 16.5. The first-order valence-electron chi connectivity index (χ1n) is 14.6. The van der Waals surface area contributed by atoms with E-state index in [1.54, 1.807) is 63.1 Å². The minimum absolute atomic E-state index is 0.0541. The molecular weight excluding hydrogens is 550 g/mol. The fourth-order valence-corrected chi connectivity index (χ4v) is 5.24. The Hall–Kier alpha value is -4.60. The number of amides is 1. The lowest BCUT2D eigenvalue weighted by Crippen LogP contribution is -2.28. The first-order valence-corrected chi connectivity index (χ1v) is 14.6. The van der Waals surface area contributed by atoms with Crippen molar-refractivity contribution < 1.29 is 34.1 Å². The highest BCUT2D eigenvalue weighted by Crippen LogP contribution is 2.44. The summed E-state index contributed by atoms with van der Waals surface area (Å²) in [5, 5.41) is 25.8. The summed E-state index contributed by atoms with van der Waals surface area (Å²) in [6.45, 7) is 2.63. The number of cyclic esters (lactones) is 1. The molecule has 10 heteroatoms. The van der Waals surface area contributed by atoms with Crippen molar-refractivity contribution >= 4 is 23.7 Å².